The molecule has 1 heterocycles. The zero-order valence-corrected chi connectivity index (χ0v) is 15.4. The lowest BCUT2D eigenvalue weighted by Crippen LogP contribution is -2.48. The zero-order chi connectivity index (χ0) is 16.0. The van der Waals surface area contributed by atoms with Crippen molar-refractivity contribution in [3.05, 3.63) is 0 Å². The molecule has 0 aromatic carbocycles. The van der Waals surface area contributed by atoms with E-state index in [9.17, 15) is 0 Å². The Morgan fingerprint density at radius 3 is 2.35 bits per heavy atom. The largest absolute Gasteiger partial charge is 0.381 e. The molecule has 0 amide bonds. The molecule has 0 radical (unpaired) electrons. The Hall–Kier alpha value is -0.0800. The van der Waals surface area contributed by atoms with Crippen LogP contribution in [-0.4, -0.2) is 25.4 Å². The highest BCUT2D eigenvalue weighted by Crippen LogP contribution is 2.60. The van der Waals surface area contributed by atoms with E-state index in [4.69, 9.17) is 9.47 Å². The molecule has 0 aromatic rings. The number of methoxy groups -OCH3 is 1. The Morgan fingerprint density at radius 1 is 0.870 bits per heavy atom. The summed E-state index contributed by atoms with van der Waals surface area (Å²) in [4.78, 5) is 0. The third kappa shape index (κ3) is 2.88. The predicted molar refractivity (Wildman–Crippen MR) is 93.3 cm³/mol. The molecule has 3 aliphatic carbocycles. The minimum atomic E-state index is 0.300. The van der Waals surface area contributed by atoms with Gasteiger partial charge in [0, 0.05) is 7.11 Å². The molecule has 8 unspecified atom stereocenters. The second-order valence-corrected chi connectivity index (χ2v) is 9.37. The van der Waals surface area contributed by atoms with Crippen LogP contribution in [0.15, 0.2) is 0 Å². The second kappa shape index (κ2) is 6.33. The van der Waals surface area contributed by atoms with Crippen LogP contribution >= 0.6 is 0 Å². The van der Waals surface area contributed by atoms with Gasteiger partial charge in [0.15, 0.2) is 0 Å². The van der Waals surface area contributed by atoms with Crippen molar-refractivity contribution in [1.29, 1.82) is 0 Å². The average molecular weight is 321 g/mol. The molecule has 0 bridgehead atoms. The van der Waals surface area contributed by atoms with Crippen LogP contribution in [0, 0.1) is 35.5 Å². The minimum Gasteiger partial charge on any atom is -0.381 e. The molecule has 4 fully saturated rings. The number of ether oxygens (including phenoxy) is 2. The first-order valence-corrected chi connectivity index (χ1v) is 10.3. The summed E-state index contributed by atoms with van der Waals surface area (Å²) in [5.41, 5.74) is 0.300. The molecule has 1 spiro atoms. The van der Waals surface area contributed by atoms with Crippen LogP contribution in [0.2, 0.25) is 0 Å². The van der Waals surface area contributed by atoms with E-state index in [0.717, 1.165) is 42.1 Å². The van der Waals surface area contributed by atoms with Crippen molar-refractivity contribution in [2.45, 2.75) is 83.3 Å². The maximum Gasteiger partial charge on any atom is 0.0977 e. The third-order valence-corrected chi connectivity index (χ3v) is 8.17. The maximum atomic E-state index is 6.32. The summed E-state index contributed by atoms with van der Waals surface area (Å²) < 4.78 is 12.0. The fraction of sp³-hybridized carbons (Fsp3) is 1.00. The second-order valence-electron chi connectivity index (χ2n) is 9.37. The van der Waals surface area contributed by atoms with Crippen LogP contribution in [0.5, 0.6) is 0 Å². The van der Waals surface area contributed by atoms with Gasteiger partial charge in [-0.3, -0.25) is 0 Å². The number of hydrogen-bond acceptors (Lipinski definition) is 2. The topological polar surface area (TPSA) is 21.8 Å². The maximum absolute atomic E-state index is 6.32. The van der Waals surface area contributed by atoms with Gasteiger partial charge in [0.1, 0.15) is 0 Å². The van der Waals surface area contributed by atoms with Gasteiger partial charge in [0.25, 0.3) is 0 Å². The summed E-state index contributed by atoms with van der Waals surface area (Å²) in [6, 6.07) is 0. The van der Waals surface area contributed by atoms with E-state index in [1.54, 1.807) is 0 Å². The molecular weight excluding hydrogens is 284 g/mol. The molecule has 4 rings (SSSR count). The van der Waals surface area contributed by atoms with E-state index < -0.39 is 0 Å². The van der Waals surface area contributed by atoms with Crippen molar-refractivity contribution < 1.29 is 9.47 Å². The van der Waals surface area contributed by atoms with Gasteiger partial charge in [0.05, 0.1) is 18.3 Å². The van der Waals surface area contributed by atoms with Gasteiger partial charge in [0.2, 0.25) is 0 Å². The first kappa shape index (κ1) is 16.4. The third-order valence-electron chi connectivity index (χ3n) is 8.17. The smallest absolute Gasteiger partial charge is 0.0977 e. The van der Waals surface area contributed by atoms with Crippen molar-refractivity contribution in [3.8, 4) is 0 Å². The Balaban J connectivity index is 1.51. The molecule has 8 atom stereocenters. The SMILES string of the molecule is COC1CCC(C)C(C2CCC3CC(C)CCC3C23CO3)CC1. The molecule has 23 heavy (non-hydrogen) atoms. The van der Waals surface area contributed by atoms with Crippen LogP contribution in [0.3, 0.4) is 0 Å². The van der Waals surface area contributed by atoms with Crippen molar-refractivity contribution in [3.63, 3.8) is 0 Å². The lowest BCUT2D eigenvalue weighted by Gasteiger charge is -2.49. The monoisotopic (exact) mass is 320 g/mol. The lowest BCUT2D eigenvalue weighted by molar-refractivity contribution is -0.0257. The van der Waals surface area contributed by atoms with Crippen LogP contribution in [0.4, 0.5) is 0 Å². The number of epoxide rings is 1. The number of fused-ring (bicyclic) bond motifs is 2. The quantitative estimate of drug-likeness (QED) is 0.524. The normalized spacial score (nSPS) is 53.6. The van der Waals surface area contributed by atoms with Crippen LogP contribution in [0.1, 0.15) is 71.6 Å². The van der Waals surface area contributed by atoms with Gasteiger partial charge >= 0.3 is 0 Å². The van der Waals surface area contributed by atoms with E-state index in [1.807, 2.05) is 7.11 Å². The number of rotatable bonds is 2. The van der Waals surface area contributed by atoms with E-state index in [2.05, 4.69) is 13.8 Å². The van der Waals surface area contributed by atoms with Crippen molar-refractivity contribution >= 4 is 0 Å². The fourth-order valence-corrected chi connectivity index (χ4v) is 6.77. The van der Waals surface area contributed by atoms with E-state index in [1.165, 1.54) is 57.8 Å². The van der Waals surface area contributed by atoms with E-state index in [0.29, 0.717) is 11.7 Å². The van der Waals surface area contributed by atoms with Gasteiger partial charge in [-0.05, 0) is 86.9 Å². The molecular formula is C21H36O2. The molecule has 4 aliphatic rings. The zero-order valence-electron chi connectivity index (χ0n) is 15.4. The minimum absolute atomic E-state index is 0.300. The summed E-state index contributed by atoms with van der Waals surface area (Å²) in [6.07, 6.45) is 13.0. The summed E-state index contributed by atoms with van der Waals surface area (Å²) >= 11 is 0. The van der Waals surface area contributed by atoms with E-state index >= 15 is 0 Å². The predicted octanol–water partition coefficient (Wildman–Crippen LogP) is 5.06. The Kier molecular flexibility index (Phi) is 4.51. The van der Waals surface area contributed by atoms with Crippen molar-refractivity contribution in [1.82, 2.24) is 0 Å². The van der Waals surface area contributed by atoms with Crippen LogP contribution in [0.25, 0.3) is 0 Å². The van der Waals surface area contributed by atoms with E-state index in [-0.39, 0.29) is 0 Å². The van der Waals surface area contributed by atoms with Crippen molar-refractivity contribution in [2.24, 2.45) is 35.5 Å². The Morgan fingerprint density at radius 2 is 1.61 bits per heavy atom. The molecule has 0 N–H and O–H groups in total. The summed E-state index contributed by atoms with van der Waals surface area (Å²) in [7, 11) is 1.90. The first-order chi connectivity index (χ1) is 11.1. The molecule has 0 aromatic heterocycles. The van der Waals surface area contributed by atoms with Gasteiger partial charge in [-0.15, -0.1) is 0 Å². The van der Waals surface area contributed by atoms with Gasteiger partial charge in [-0.2, -0.15) is 0 Å². The summed E-state index contributed by atoms with van der Waals surface area (Å²) in [5.74, 6) is 5.35. The molecule has 1 saturated heterocycles. The Labute approximate surface area is 142 Å². The standard InChI is InChI=1S/C21H36O2/c1-14-4-10-19-16(12-14)6-11-20(21(19)13-23-21)18-9-8-17(22-3)7-5-15(18)2/h14-20H,4-13H2,1-3H3. The highest BCUT2D eigenvalue weighted by Gasteiger charge is 2.63. The number of hydrogen-bond donors (Lipinski definition) is 0. The molecule has 1 aliphatic heterocycles. The summed E-state index contributed by atoms with van der Waals surface area (Å²) in [6.45, 7) is 6.04. The van der Waals surface area contributed by atoms with Crippen molar-refractivity contribution in [2.75, 3.05) is 13.7 Å². The van der Waals surface area contributed by atoms with Gasteiger partial charge in [-0.25, -0.2) is 0 Å². The first-order valence-electron chi connectivity index (χ1n) is 10.3. The summed E-state index contributed by atoms with van der Waals surface area (Å²) in [5, 5.41) is 0. The highest BCUT2D eigenvalue weighted by molar-refractivity contribution is 5.11. The average Bonchev–Trinajstić information content (AvgIpc) is 3.34. The van der Waals surface area contributed by atoms with Gasteiger partial charge < -0.3 is 9.47 Å². The lowest BCUT2D eigenvalue weighted by atomic mass is 9.56. The molecule has 2 heteroatoms. The van der Waals surface area contributed by atoms with Crippen LogP contribution in [-0.2, 0) is 9.47 Å². The highest BCUT2D eigenvalue weighted by atomic mass is 16.6. The van der Waals surface area contributed by atoms with Crippen LogP contribution < -0.4 is 0 Å². The molecule has 2 nitrogen and oxygen atoms in total. The molecule has 132 valence electrons. The van der Waals surface area contributed by atoms with Gasteiger partial charge in [-0.1, -0.05) is 20.3 Å². The fourth-order valence-electron chi connectivity index (χ4n) is 6.77. The Bertz CT molecular complexity index is 416. The molecule has 3 saturated carbocycles.